The van der Waals surface area contributed by atoms with Crippen molar-refractivity contribution >= 4 is 5.97 Å². The van der Waals surface area contributed by atoms with Crippen LogP contribution in [0.3, 0.4) is 0 Å². The second kappa shape index (κ2) is 5.47. The molecule has 0 bridgehead atoms. The summed E-state index contributed by atoms with van der Waals surface area (Å²) in [7, 11) is 0. The maximum atomic E-state index is 12.4. The van der Waals surface area contributed by atoms with E-state index in [1.807, 2.05) is 11.5 Å². The number of aryl methyl sites for hydroxylation is 1. The monoisotopic (exact) mass is 353 g/mol. The fourth-order valence-electron chi connectivity index (χ4n) is 4.29. The standard InChI is InChI=1S/C21H23NO4/c1-11-7-14-13(12-5-6-26-19(11)12)8-18(21(2,3)4)22-10-15(20(24)25)17(23)9-16(14)22/h7,9-10,18H,5-6,8H2,1-4H3,(H,24,25)/t18-/m0/s1. The molecule has 0 saturated carbocycles. The lowest BCUT2D eigenvalue weighted by atomic mass is 9.77. The van der Waals surface area contributed by atoms with Crippen molar-refractivity contribution in [2.45, 2.75) is 46.6 Å². The summed E-state index contributed by atoms with van der Waals surface area (Å²) in [4.78, 5) is 23.9. The van der Waals surface area contributed by atoms with Gasteiger partial charge in [0, 0.05) is 35.9 Å². The van der Waals surface area contributed by atoms with Crippen LogP contribution in [0.25, 0.3) is 11.3 Å². The molecule has 0 aliphatic carbocycles. The Morgan fingerprint density at radius 1 is 1.27 bits per heavy atom. The number of carbonyl (C=O) groups is 1. The number of carboxylic acids is 1. The fourth-order valence-corrected chi connectivity index (χ4v) is 4.29. The molecule has 3 heterocycles. The van der Waals surface area contributed by atoms with Crippen LogP contribution >= 0.6 is 0 Å². The second-order valence-electron chi connectivity index (χ2n) is 8.36. The third-order valence-electron chi connectivity index (χ3n) is 5.60. The van der Waals surface area contributed by atoms with Crippen molar-refractivity contribution in [2.24, 2.45) is 5.41 Å². The minimum atomic E-state index is -1.18. The molecule has 0 amide bonds. The topological polar surface area (TPSA) is 68.5 Å². The zero-order chi connectivity index (χ0) is 18.8. The Bertz CT molecular complexity index is 995. The summed E-state index contributed by atoms with van der Waals surface area (Å²) in [6.07, 6.45) is 3.21. The van der Waals surface area contributed by atoms with E-state index in [2.05, 4.69) is 26.8 Å². The molecule has 0 spiro atoms. The normalized spacial score (nSPS) is 17.9. The van der Waals surface area contributed by atoms with Crippen LogP contribution in [0.1, 0.15) is 53.9 Å². The molecular formula is C21H23NO4. The Kier molecular flexibility index (Phi) is 3.55. The summed E-state index contributed by atoms with van der Waals surface area (Å²) in [6, 6.07) is 3.63. The first kappa shape index (κ1) is 16.9. The van der Waals surface area contributed by atoms with Gasteiger partial charge in [0.25, 0.3) is 0 Å². The van der Waals surface area contributed by atoms with E-state index in [1.54, 1.807) is 0 Å². The van der Waals surface area contributed by atoms with Crippen LogP contribution in [0.4, 0.5) is 0 Å². The van der Waals surface area contributed by atoms with Crippen LogP contribution in [0.5, 0.6) is 5.75 Å². The quantitative estimate of drug-likeness (QED) is 0.850. The van der Waals surface area contributed by atoms with Crippen LogP contribution in [0, 0.1) is 12.3 Å². The maximum absolute atomic E-state index is 12.4. The van der Waals surface area contributed by atoms with E-state index < -0.39 is 11.4 Å². The largest absolute Gasteiger partial charge is 0.493 e. The number of hydrogen-bond donors (Lipinski definition) is 1. The molecule has 0 saturated heterocycles. The molecular weight excluding hydrogens is 330 g/mol. The van der Waals surface area contributed by atoms with E-state index in [1.165, 1.54) is 23.4 Å². The first-order chi connectivity index (χ1) is 12.2. The number of carboxylic acid groups (broad SMARTS) is 1. The lowest BCUT2D eigenvalue weighted by molar-refractivity contribution is 0.0693. The van der Waals surface area contributed by atoms with Gasteiger partial charge in [-0.3, -0.25) is 4.79 Å². The maximum Gasteiger partial charge on any atom is 0.341 e. The Morgan fingerprint density at radius 3 is 2.65 bits per heavy atom. The molecule has 1 N–H and O–H groups in total. The van der Waals surface area contributed by atoms with Gasteiger partial charge < -0.3 is 14.4 Å². The Morgan fingerprint density at radius 2 is 2.00 bits per heavy atom. The number of hydrogen-bond acceptors (Lipinski definition) is 3. The van der Waals surface area contributed by atoms with Crippen LogP contribution in [0.15, 0.2) is 23.1 Å². The molecule has 0 unspecified atom stereocenters. The van der Waals surface area contributed by atoms with Gasteiger partial charge >= 0.3 is 5.97 Å². The molecule has 1 atom stereocenters. The van der Waals surface area contributed by atoms with Gasteiger partial charge in [-0.05, 0) is 36.0 Å². The van der Waals surface area contributed by atoms with Gasteiger partial charge in [-0.2, -0.15) is 0 Å². The summed E-state index contributed by atoms with van der Waals surface area (Å²) in [6.45, 7) is 9.16. The van der Waals surface area contributed by atoms with Gasteiger partial charge in [0.2, 0.25) is 0 Å². The SMILES string of the molecule is Cc1cc2c(c3c1OCC3)C[C@@H](C(C)(C)C)n1cc(C(=O)O)c(=O)cc1-2. The highest BCUT2D eigenvalue weighted by Gasteiger charge is 2.36. The fraction of sp³-hybridized carbons (Fsp3) is 0.429. The molecule has 5 nitrogen and oxygen atoms in total. The van der Waals surface area contributed by atoms with Crippen LogP contribution in [-0.2, 0) is 12.8 Å². The first-order valence-corrected chi connectivity index (χ1v) is 8.96. The van der Waals surface area contributed by atoms with Crippen LogP contribution in [-0.4, -0.2) is 22.2 Å². The molecule has 0 radical (unpaired) electrons. The van der Waals surface area contributed by atoms with Gasteiger partial charge in [0.1, 0.15) is 11.3 Å². The van der Waals surface area contributed by atoms with E-state index >= 15 is 0 Å². The number of pyridine rings is 1. The molecule has 1 aromatic heterocycles. The molecule has 136 valence electrons. The zero-order valence-electron chi connectivity index (χ0n) is 15.5. The smallest absolute Gasteiger partial charge is 0.341 e. The highest BCUT2D eigenvalue weighted by atomic mass is 16.5. The Hall–Kier alpha value is -2.56. The third-order valence-corrected chi connectivity index (χ3v) is 5.60. The summed E-state index contributed by atoms with van der Waals surface area (Å²) in [5.74, 6) is -0.198. The number of aromatic nitrogens is 1. The predicted molar refractivity (Wildman–Crippen MR) is 99.2 cm³/mol. The molecule has 2 aliphatic heterocycles. The summed E-state index contributed by atoms with van der Waals surface area (Å²) in [5, 5.41) is 9.39. The van der Waals surface area contributed by atoms with Crippen molar-refractivity contribution < 1.29 is 14.6 Å². The number of fused-ring (bicyclic) bond motifs is 5. The van der Waals surface area contributed by atoms with Crippen LogP contribution in [0.2, 0.25) is 0 Å². The number of benzene rings is 1. The van der Waals surface area contributed by atoms with E-state index in [9.17, 15) is 14.7 Å². The minimum Gasteiger partial charge on any atom is -0.493 e. The molecule has 0 fully saturated rings. The van der Waals surface area contributed by atoms with Crippen molar-refractivity contribution in [1.29, 1.82) is 0 Å². The number of nitrogens with zero attached hydrogens (tertiary/aromatic N) is 1. The lowest BCUT2D eigenvalue weighted by Crippen LogP contribution is -2.33. The number of aromatic carboxylic acids is 1. The van der Waals surface area contributed by atoms with Gasteiger partial charge in [0.05, 0.1) is 12.3 Å². The van der Waals surface area contributed by atoms with Gasteiger partial charge in [0.15, 0.2) is 5.43 Å². The average molecular weight is 353 g/mol. The first-order valence-electron chi connectivity index (χ1n) is 8.96. The molecule has 1 aromatic carbocycles. The van der Waals surface area contributed by atoms with E-state index in [-0.39, 0.29) is 17.0 Å². The molecule has 2 aliphatic rings. The molecule has 2 aromatic rings. The van der Waals surface area contributed by atoms with Crippen molar-refractivity contribution in [1.82, 2.24) is 4.57 Å². The van der Waals surface area contributed by atoms with Crippen LogP contribution < -0.4 is 10.2 Å². The van der Waals surface area contributed by atoms with E-state index in [0.29, 0.717) is 6.61 Å². The summed E-state index contributed by atoms with van der Waals surface area (Å²) >= 11 is 0. The van der Waals surface area contributed by atoms with Crippen molar-refractivity contribution in [2.75, 3.05) is 6.61 Å². The summed E-state index contributed by atoms with van der Waals surface area (Å²) < 4.78 is 7.83. The lowest BCUT2D eigenvalue weighted by Gasteiger charge is -2.39. The van der Waals surface area contributed by atoms with E-state index in [0.717, 1.165) is 35.4 Å². The highest BCUT2D eigenvalue weighted by Crippen LogP contribution is 2.47. The van der Waals surface area contributed by atoms with Crippen molar-refractivity contribution in [3.8, 4) is 17.0 Å². The Balaban J connectivity index is 2.06. The van der Waals surface area contributed by atoms with Gasteiger partial charge in [-0.15, -0.1) is 0 Å². The second-order valence-corrected chi connectivity index (χ2v) is 8.36. The van der Waals surface area contributed by atoms with Crippen molar-refractivity contribution in [3.05, 3.63) is 50.8 Å². The highest BCUT2D eigenvalue weighted by molar-refractivity contribution is 5.88. The average Bonchev–Trinajstić information content (AvgIpc) is 3.03. The predicted octanol–water partition coefficient (Wildman–Crippen LogP) is 3.60. The zero-order valence-corrected chi connectivity index (χ0v) is 15.5. The molecule has 26 heavy (non-hydrogen) atoms. The minimum absolute atomic E-state index is 0.0658. The summed E-state index contributed by atoms with van der Waals surface area (Å²) in [5.41, 5.74) is 4.67. The van der Waals surface area contributed by atoms with Gasteiger partial charge in [-0.25, -0.2) is 4.79 Å². The van der Waals surface area contributed by atoms with Crippen molar-refractivity contribution in [3.63, 3.8) is 0 Å². The Labute approximate surface area is 152 Å². The molecule has 5 heteroatoms. The molecule has 4 rings (SSSR count). The third kappa shape index (κ3) is 2.37. The number of rotatable bonds is 1. The number of ether oxygens (including phenoxy) is 1. The van der Waals surface area contributed by atoms with Gasteiger partial charge in [-0.1, -0.05) is 20.8 Å². The van der Waals surface area contributed by atoms with E-state index in [4.69, 9.17) is 4.74 Å².